The van der Waals surface area contributed by atoms with Crippen LogP contribution in [0.25, 0.3) is 0 Å². The molecule has 0 unspecified atom stereocenters. The van der Waals surface area contributed by atoms with Crippen molar-refractivity contribution < 1.29 is 18.3 Å². The van der Waals surface area contributed by atoms with E-state index in [1.54, 1.807) is 36.0 Å². The maximum atomic E-state index is 13.7. The van der Waals surface area contributed by atoms with Crippen molar-refractivity contribution in [3.05, 3.63) is 65.2 Å². The van der Waals surface area contributed by atoms with E-state index in [2.05, 4.69) is 20.8 Å². The number of benzene rings is 2. The van der Waals surface area contributed by atoms with Crippen LogP contribution in [0.3, 0.4) is 0 Å². The molecule has 0 aromatic heterocycles. The molecule has 0 saturated carbocycles. The number of aliphatic carboxylic acids is 1. The number of nitrogens with zero attached hydrogens (tertiary/aromatic N) is 1. The Kier molecular flexibility index (Phi) is 8.06. The summed E-state index contributed by atoms with van der Waals surface area (Å²) in [5.74, 6) is -0.396. The van der Waals surface area contributed by atoms with Crippen molar-refractivity contribution in [3.8, 4) is 0 Å². The van der Waals surface area contributed by atoms with Crippen molar-refractivity contribution in [3.63, 3.8) is 0 Å². The molecule has 174 valence electrons. The van der Waals surface area contributed by atoms with E-state index in [4.69, 9.17) is 0 Å². The van der Waals surface area contributed by atoms with E-state index in [1.807, 2.05) is 31.2 Å². The molecular weight excluding hydrogens is 442 g/mol. The van der Waals surface area contributed by atoms with Crippen molar-refractivity contribution in [2.24, 2.45) is 11.8 Å². The summed E-state index contributed by atoms with van der Waals surface area (Å²) in [6, 6.07) is 14.4. The molecular formula is C25H33NO4S2. The maximum absolute atomic E-state index is 13.7. The van der Waals surface area contributed by atoms with Crippen LogP contribution in [0, 0.1) is 18.8 Å². The Balaban J connectivity index is 2.03. The Morgan fingerprint density at radius 3 is 2.28 bits per heavy atom. The summed E-state index contributed by atoms with van der Waals surface area (Å²) in [6.07, 6.45) is 1.38. The summed E-state index contributed by atoms with van der Waals surface area (Å²) in [5, 5.41) is 9.81. The summed E-state index contributed by atoms with van der Waals surface area (Å²) in [7, 11) is -3.85. The molecule has 1 aliphatic heterocycles. The van der Waals surface area contributed by atoms with Gasteiger partial charge >= 0.3 is 5.97 Å². The van der Waals surface area contributed by atoms with Gasteiger partial charge in [0.05, 0.1) is 16.9 Å². The van der Waals surface area contributed by atoms with Gasteiger partial charge in [-0.3, -0.25) is 4.79 Å². The van der Waals surface area contributed by atoms with Crippen molar-refractivity contribution in [1.82, 2.24) is 4.31 Å². The van der Waals surface area contributed by atoms with Crippen LogP contribution in [0.5, 0.6) is 0 Å². The zero-order valence-electron chi connectivity index (χ0n) is 19.2. The molecule has 0 aliphatic carbocycles. The molecule has 1 aliphatic rings. The number of carboxylic acid groups (broad SMARTS) is 1. The van der Waals surface area contributed by atoms with Gasteiger partial charge in [0.25, 0.3) is 0 Å². The van der Waals surface area contributed by atoms with Gasteiger partial charge in [-0.2, -0.15) is 16.1 Å². The lowest BCUT2D eigenvalue weighted by Crippen LogP contribution is -2.49. The van der Waals surface area contributed by atoms with Crippen LogP contribution in [0.4, 0.5) is 0 Å². The molecule has 1 N–H and O–H groups in total. The molecule has 3 atom stereocenters. The smallest absolute Gasteiger partial charge is 0.308 e. The van der Waals surface area contributed by atoms with E-state index < -0.39 is 28.0 Å². The molecule has 0 radical (unpaired) electrons. The monoisotopic (exact) mass is 475 g/mol. The number of carboxylic acids is 1. The van der Waals surface area contributed by atoms with E-state index in [9.17, 15) is 18.3 Å². The highest BCUT2D eigenvalue weighted by molar-refractivity contribution is 7.99. The van der Waals surface area contributed by atoms with Crippen molar-refractivity contribution in [1.29, 1.82) is 0 Å². The van der Waals surface area contributed by atoms with Gasteiger partial charge in [0.1, 0.15) is 0 Å². The van der Waals surface area contributed by atoms with Crippen LogP contribution in [0.15, 0.2) is 53.4 Å². The topological polar surface area (TPSA) is 74.7 Å². The van der Waals surface area contributed by atoms with Crippen LogP contribution < -0.4 is 0 Å². The lowest BCUT2D eigenvalue weighted by atomic mass is 9.90. The van der Waals surface area contributed by atoms with E-state index in [0.717, 1.165) is 23.3 Å². The van der Waals surface area contributed by atoms with Gasteiger partial charge in [-0.25, -0.2) is 8.42 Å². The summed E-state index contributed by atoms with van der Waals surface area (Å²) in [4.78, 5) is 12.4. The van der Waals surface area contributed by atoms with Gasteiger partial charge in [-0.05, 0) is 54.7 Å². The van der Waals surface area contributed by atoms with Gasteiger partial charge in [-0.15, -0.1) is 0 Å². The average Bonchev–Trinajstić information content (AvgIpc) is 2.77. The quantitative estimate of drug-likeness (QED) is 0.571. The number of carbonyl (C=O) groups is 1. The van der Waals surface area contributed by atoms with E-state index >= 15 is 0 Å². The molecule has 0 amide bonds. The number of rotatable bonds is 8. The third kappa shape index (κ3) is 5.56. The zero-order chi connectivity index (χ0) is 23.5. The first-order valence-corrected chi connectivity index (χ1v) is 13.6. The predicted molar refractivity (Wildman–Crippen MR) is 130 cm³/mol. The second-order valence-electron chi connectivity index (χ2n) is 8.94. The van der Waals surface area contributed by atoms with Crippen molar-refractivity contribution >= 4 is 27.8 Å². The third-order valence-electron chi connectivity index (χ3n) is 5.99. The largest absolute Gasteiger partial charge is 0.481 e. The molecule has 5 nitrogen and oxygen atoms in total. The highest BCUT2D eigenvalue weighted by atomic mass is 32.2. The summed E-state index contributed by atoms with van der Waals surface area (Å²) in [5.41, 5.74) is 3.08. The Hall–Kier alpha value is -1.83. The highest BCUT2D eigenvalue weighted by Crippen LogP contribution is 2.42. The summed E-state index contributed by atoms with van der Waals surface area (Å²) < 4.78 is 28.8. The molecule has 3 rings (SSSR count). The van der Waals surface area contributed by atoms with Gasteiger partial charge < -0.3 is 5.11 Å². The summed E-state index contributed by atoms with van der Waals surface area (Å²) in [6.45, 7) is 8.19. The van der Waals surface area contributed by atoms with Gasteiger partial charge in [-0.1, -0.05) is 62.7 Å². The number of sulfonamides is 1. The number of aryl methyl sites for hydroxylation is 2. The first-order chi connectivity index (χ1) is 15.1. The minimum atomic E-state index is -3.85. The Labute approximate surface area is 196 Å². The fourth-order valence-electron chi connectivity index (χ4n) is 4.07. The van der Waals surface area contributed by atoms with Crippen molar-refractivity contribution in [2.45, 2.75) is 56.7 Å². The lowest BCUT2D eigenvalue weighted by Gasteiger charge is -2.42. The first-order valence-electron chi connectivity index (χ1n) is 11.1. The van der Waals surface area contributed by atoms with E-state index in [0.29, 0.717) is 12.3 Å². The molecule has 1 saturated heterocycles. The molecule has 1 heterocycles. The minimum absolute atomic E-state index is 0.0263. The maximum Gasteiger partial charge on any atom is 0.308 e. The van der Waals surface area contributed by atoms with Crippen LogP contribution in [0.2, 0.25) is 0 Å². The van der Waals surface area contributed by atoms with Gasteiger partial charge in [0, 0.05) is 11.8 Å². The van der Waals surface area contributed by atoms with Crippen LogP contribution >= 0.6 is 11.8 Å². The average molecular weight is 476 g/mol. The highest BCUT2D eigenvalue weighted by Gasteiger charge is 2.45. The normalized spacial score (nSPS) is 22.2. The standard InChI is InChI=1S/C25H33NO4S2/c1-5-19-8-10-20(11-9-19)23-14-24(31-16-17(2)3)22(25(27)28)15-26(23)32(29,30)21-12-6-18(4)7-13-21/h6-13,17,22-24H,5,14-16H2,1-4H3,(H,27,28)/t22-,23+,24-/m1/s1. The number of thioether (sulfide) groups is 1. The molecule has 0 spiro atoms. The molecule has 2 aromatic rings. The van der Waals surface area contributed by atoms with Crippen LogP contribution in [-0.2, 0) is 21.2 Å². The fraction of sp³-hybridized carbons (Fsp3) is 0.480. The third-order valence-corrected chi connectivity index (χ3v) is 9.69. The first kappa shape index (κ1) is 24.8. The Morgan fingerprint density at radius 2 is 1.75 bits per heavy atom. The Morgan fingerprint density at radius 1 is 1.12 bits per heavy atom. The molecule has 1 fully saturated rings. The minimum Gasteiger partial charge on any atom is -0.481 e. The van der Waals surface area contributed by atoms with Gasteiger partial charge in [0.15, 0.2) is 0 Å². The fourth-order valence-corrected chi connectivity index (χ4v) is 7.10. The summed E-state index contributed by atoms with van der Waals surface area (Å²) >= 11 is 1.66. The lowest BCUT2D eigenvalue weighted by molar-refractivity contribution is -0.143. The second-order valence-corrected chi connectivity index (χ2v) is 12.1. The number of hydrogen-bond acceptors (Lipinski definition) is 4. The van der Waals surface area contributed by atoms with Crippen LogP contribution in [0.1, 0.15) is 49.9 Å². The number of piperidine rings is 1. The molecule has 0 bridgehead atoms. The van der Waals surface area contributed by atoms with Gasteiger partial charge in [0.2, 0.25) is 10.0 Å². The number of hydrogen-bond donors (Lipinski definition) is 1. The second kappa shape index (κ2) is 10.4. The SMILES string of the molecule is CCc1ccc([C@@H]2C[C@@H](SCC(C)C)[C@H](C(=O)O)CN2S(=O)(=O)c2ccc(C)cc2)cc1. The molecule has 7 heteroatoms. The Bertz CT molecular complexity index is 1020. The van der Waals surface area contributed by atoms with Crippen LogP contribution in [-0.4, -0.2) is 41.3 Å². The molecule has 2 aromatic carbocycles. The van der Waals surface area contributed by atoms with E-state index in [-0.39, 0.29) is 16.7 Å². The molecule has 32 heavy (non-hydrogen) atoms. The van der Waals surface area contributed by atoms with Crippen molar-refractivity contribution in [2.75, 3.05) is 12.3 Å². The predicted octanol–water partition coefficient (Wildman–Crippen LogP) is 5.15. The van der Waals surface area contributed by atoms with E-state index in [1.165, 1.54) is 9.87 Å². The zero-order valence-corrected chi connectivity index (χ0v) is 20.8.